The minimum absolute atomic E-state index is 0.172. The maximum absolute atomic E-state index is 11.5. The summed E-state index contributed by atoms with van der Waals surface area (Å²) >= 11 is 0. The Bertz CT molecular complexity index is 435. The fourth-order valence-corrected chi connectivity index (χ4v) is 1.22. The van der Waals surface area contributed by atoms with E-state index in [4.69, 9.17) is 5.53 Å². The zero-order valence-corrected chi connectivity index (χ0v) is 9.00. The van der Waals surface area contributed by atoms with Crippen molar-refractivity contribution in [1.29, 1.82) is 0 Å². The summed E-state index contributed by atoms with van der Waals surface area (Å²) in [5, 5.41) is 24.3. The first-order valence-corrected chi connectivity index (χ1v) is 4.95. The van der Waals surface area contributed by atoms with Crippen LogP contribution in [0.25, 0.3) is 10.4 Å². The van der Waals surface area contributed by atoms with Gasteiger partial charge in [-0.2, -0.15) is 0 Å². The molecule has 0 radical (unpaired) electrons. The van der Waals surface area contributed by atoms with E-state index in [9.17, 15) is 15.0 Å². The van der Waals surface area contributed by atoms with E-state index >= 15 is 0 Å². The number of phenols is 2. The lowest BCUT2D eigenvalue weighted by Gasteiger charge is -2.05. The van der Waals surface area contributed by atoms with Gasteiger partial charge in [0.15, 0.2) is 0 Å². The van der Waals surface area contributed by atoms with E-state index in [1.807, 2.05) is 0 Å². The second kappa shape index (κ2) is 6.24. The summed E-state index contributed by atoms with van der Waals surface area (Å²) in [5.41, 5.74) is 8.20. The Balaban J connectivity index is 2.49. The first kappa shape index (κ1) is 12.7. The lowest BCUT2D eigenvalue weighted by molar-refractivity contribution is 0.0952. The summed E-state index contributed by atoms with van der Waals surface area (Å²) in [6.45, 7) is 0.663. The third-order valence-electron chi connectivity index (χ3n) is 1.95. The van der Waals surface area contributed by atoms with Crippen molar-refractivity contribution in [2.24, 2.45) is 5.11 Å². The van der Waals surface area contributed by atoms with Crippen LogP contribution in [0.3, 0.4) is 0 Å². The van der Waals surface area contributed by atoms with Crippen LogP contribution >= 0.6 is 0 Å². The van der Waals surface area contributed by atoms with Crippen LogP contribution in [0.1, 0.15) is 16.8 Å². The van der Waals surface area contributed by atoms with Crippen LogP contribution in [0.15, 0.2) is 23.3 Å². The van der Waals surface area contributed by atoms with Crippen molar-refractivity contribution in [3.05, 3.63) is 34.2 Å². The van der Waals surface area contributed by atoms with E-state index in [1.54, 1.807) is 0 Å². The van der Waals surface area contributed by atoms with Gasteiger partial charge in [0.25, 0.3) is 5.91 Å². The second-order valence-electron chi connectivity index (χ2n) is 3.30. The molecule has 0 atom stereocenters. The van der Waals surface area contributed by atoms with Crippen LogP contribution in [0.4, 0.5) is 0 Å². The molecule has 0 bridgehead atoms. The average Bonchev–Trinajstić information content (AvgIpc) is 2.27. The molecule has 90 valence electrons. The van der Waals surface area contributed by atoms with Crippen molar-refractivity contribution >= 4 is 5.91 Å². The number of rotatable bonds is 5. The molecule has 1 aromatic carbocycles. The Morgan fingerprint density at radius 2 is 2.00 bits per heavy atom. The van der Waals surface area contributed by atoms with Gasteiger partial charge in [-0.05, 0) is 24.1 Å². The number of phenolic OH excluding ortho intramolecular Hbond substituents is 2. The summed E-state index contributed by atoms with van der Waals surface area (Å²) in [7, 11) is 0. The van der Waals surface area contributed by atoms with Crippen LogP contribution < -0.4 is 5.32 Å². The first-order chi connectivity index (χ1) is 8.13. The molecule has 0 saturated heterocycles. The highest BCUT2D eigenvalue weighted by molar-refractivity contribution is 5.94. The second-order valence-corrected chi connectivity index (χ2v) is 3.30. The Kier molecular flexibility index (Phi) is 4.65. The third kappa shape index (κ3) is 4.31. The largest absolute Gasteiger partial charge is 0.508 e. The van der Waals surface area contributed by atoms with Crippen molar-refractivity contribution in [2.45, 2.75) is 6.42 Å². The van der Waals surface area contributed by atoms with Crippen LogP contribution in [0.5, 0.6) is 11.5 Å². The van der Waals surface area contributed by atoms with Crippen LogP contribution in [-0.4, -0.2) is 29.2 Å². The van der Waals surface area contributed by atoms with E-state index in [1.165, 1.54) is 12.1 Å². The predicted molar refractivity (Wildman–Crippen MR) is 60.7 cm³/mol. The summed E-state index contributed by atoms with van der Waals surface area (Å²) in [6, 6.07) is 3.64. The maximum Gasteiger partial charge on any atom is 0.251 e. The number of amides is 1. The normalized spacial score (nSPS) is 9.41. The fraction of sp³-hybridized carbons (Fsp3) is 0.300. The highest BCUT2D eigenvalue weighted by Crippen LogP contribution is 2.20. The monoisotopic (exact) mass is 236 g/mol. The molecule has 0 unspecified atom stereocenters. The molecule has 3 N–H and O–H groups in total. The van der Waals surface area contributed by atoms with E-state index in [2.05, 4.69) is 15.3 Å². The SMILES string of the molecule is [N-]=[N+]=NCCCNC(=O)c1cc(O)cc(O)c1. The number of hydrogen-bond donors (Lipinski definition) is 3. The zero-order chi connectivity index (χ0) is 12.7. The Morgan fingerprint density at radius 3 is 2.59 bits per heavy atom. The van der Waals surface area contributed by atoms with Gasteiger partial charge in [0.2, 0.25) is 0 Å². The molecule has 0 aromatic heterocycles. The number of hydrogen-bond acceptors (Lipinski definition) is 4. The zero-order valence-electron chi connectivity index (χ0n) is 9.00. The molecule has 0 heterocycles. The molecule has 0 spiro atoms. The van der Waals surface area contributed by atoms with Crippen molar-refractivity contribution < 1.29 is 15.0 Å². The highest BCUT2D eigenvalue weighted by atomic mass is 16.3. The number of carbonyl (C=O) groups excluding carboxylic acids is 1. The van der Waals surface area contributed by atoms with Gasteiger partial charge in [-0.3, -0.25) is 4.79 Å². The Morgan fingerprint density at radius 1 is 1.35 bits per heavy atom. The maximum atomic E-state index is 11.5. The average molecular weight is 236 g/mol. The summed E-state index contributed by atoms with van der Waals surface area (Å²) < 4.78 is 0. The van der Waals surface area contributed by atoms with E-state index < -0.39 is 5.91 Å². The van der Waals surface area contributed by atoms with Gasteiger partial charge in [-0.15, -0.1) is 0 Å². The van der Waals surface area contributed by atoms with Crippen molar-refractivity contribution in [2.75, 3.05) is 13.1 Å². The smallest absolute Gasteiger partial charge is 0.251 e. The summed E-state index contributed by atoms with van der Waals surface area (Å²) in [4.78, 5) is 14.1. The minimum atomic E-state index is -0.405. The number of nitrogens with zero attached hydrogens (tertiary/aromatic N) is 3. The van der Waals surface area contributed by atoms with Crippen LogP contribution in [-0.2, 0) is 0 Å². The van der Waals surface area contributed by atoms with Gasteiger partial charge in [-0.1, -0.05) is 5.11 Å². The first-order valence-electron chi connectivity index (χ1n) is 4.95. The fourth-order valence-electron chi connectivity index (χ4n) is 1.22. The van der Waals surface area contributed by atoms with E-state index in [0.29, 0.717) is 19.5 Å². The lowest BCUT2D eigenvalue weighted by atomic mass is 10.2. The number of benzene rings is 1. The summed E-state index contributed by atoms with van der Waals surface area (Å²) in [6.07, 6.45) is 0.528. The van der Waals surface area contributed by atoms with Gasteiger partial charge in [0, 0.05) is 29.6 Å². The van der Waals surface area contributed by atoms with Gasteiger partial charge >= 0.3 is 0 Å². The van der Waals surface area contributed by atoms with Gasteiger partial charge in [0.1, 0.15) is 11.5 Å². The number of aromatic hydroxyl groups is 2. The van der Waals surface area contributed by atoms with Gasteiger partial charge in [0.05, 0.1) is 0 Å². The predicted octanol–water partition coefficient (Wildman–Crippen LogP) is 1.53. The standard InChI is InChI=1S/C10H12N4O3/c11-14-13-3-1-2-12-10(17)7-4-8(15)6-9(16)5-7/h4-6,15-16H,1-3H2,(H,12,17). The van der Waals surface area contributed by atoms with Crippen molar-refractivity contribution in [3.8, 4) is 11.5 Å². The molecule has 7 heteroatoms. The van der Waals surface area contributed by atoms with E-state index in [0.717, 1.165) is 6.07 Å². The number of nitrogens with one attached hydrogen (secondary N) is 1. The van der Waals surface area contributed by atoms with Crippen LogP contribution in [0.2, 0.25) is 0 Å². The quantitative estimate of drug-likeness (QED) is 0.311. The minimum Gasteiger partial charge on any atom is -0.508 e. The van der Waals surface area contributed by atoms with Crippen LogP contribution in [0, 0.1) is 0 Å². The molecular weight excluding hydrogens is 224 g/mol. The van der Waals surface area contributed by atoms with Gasteiger partial charge in [-0.25, -0.2) is 0 Å². The Labute approximate surface area is 97.3 Å². The molecule has 0 aliphatic heterocycles. The molecule has 1 amide bonds. The number of carbonyl (C=O) groups is 1. The molecular formula is C10H12N4O3. The lowest BCUT2D eigenvalue weighted by Crippen LogP contribution is -2.24. The molecule has 0 aliphatic carbocycles. The van der Waals surface area contributed by atoms with E-state index in [-0.39, 0.29) is 17.1 Å². The van der Waals surface area contributed by atoms with Gasteiger partial charge < -0.3 is 15.5 Å². The molecule has 7 nitrogen and oxygen atoms in total. The molecule has 0 saturated carbocycles. The molecule has 0 aliphatic rings. The highest BCUT2D eigenvalue weighted by Gasteiger charge is 2.07. The molecule has 1 rings (SSSR count). The summed E-state index contributed by atoms with van der Waals surface area (Å²) in [5.74, 6) is -0.759. The topological polar surface area (TPSA) is 118 Å². The third-order valence-corrected chi connectivity index (χ3v) is 1.95. The molecule has 1 aromatic rings. The van der Waals surface area contributed by atoms with Crippen molar-refractivity contribution in [3.63, 3.8) is 0 Å². The van der Waals surface area contributed by atoms with Crippen molar-refractivity contribution in [1.82, 2.24) is 5.32 Å². The molecule has 17 heavy (non-hydrogen) atoms. The number of azide groups is 1. The molecule has 0 fully saturated rings. The Hall–Kier alpha value is -2.40.